The van der Waals surface area contributed by atoms with Crippen LogP contribution in [0.1, 0.15) is 37.7 Å². The molecule has 4 aromatic rings. The van der Waals surface area contributed by atoms with Gasteiger partial charge in [-0.25, -0.2) is 14.2 Å². The van der Waals surface area contributed by atoms with Crippen molar-refractivity contribution in [2.75, 3.05) is 5.32 Å². The number of anilines is 1. The van der Waals surface area contributed by atoms with E-state index in [4.69, 9.17) is 4.98 Å². The minimum absolute atomic E-state index is 0.0970. The van der Waals surface area contributed by atoms with Crippen LogP contribution < -0.4 is 10.9 Å². The van der Waals surface area contributed by atoms with E-state index in [1.165, 1.54) is 12.1 Å². The van der Waals surface area contributed by atoms with Gasteiger partial charge in [-0.2, -0.15) is 0 Å². The topological polar surface area (TPSA) is 67.2 Å². The van der Waals surface area contributed by atoms with Gasteiger partial charge >= 0.3 is 6.03 Å². The maximum atomic E-state index is 14.3. The van der Waals surface area contributed by atoms with Crippen molar-refractivity contribution < 1.29 is 9.18 Å². The van der Waals surface area contributed by atoms with Crippen molar-refractivity contribution in [1.82, 2.24) is 14.5 Å². The van der Waals surface area contributed by atoms with E-state index in [9.17, 15) is 14.0 Å². The van der Waals surface area contributed by atoms with Gasteiger partial charge in [-0.1, -0.05) is 61.5 Å². The zero-order valence-corrected chi connectivity index (χ0v) is 19.2. The number of carbonyl (C=O) groups is 1. The Balaban J connectivity index is 1.81. The van der Waals surface area contributed by atoms with Crippen LogP contribution in [0.25, 0.3) is 10.9 Å². The first-order valence-electron chi connectivity index (χ1n) is 11.4. The van der Waals surface area contributed by atoms with E-state index in [-0.39, 0.29) is 17.8 Å². The van der Waals surface area contributed by atoms with Crippen molar-refractivity contribution in [3.05, 3.63) is 106 Å². The Morgan fingerprint density at radius 3 is 2.38 bits per heavy atom. The molecule has 1 atom stereocenters. The Morgan fingerprint density at radius 2 is 1.68 bits per heavy atom. The Kier molecular flexibility index (Phi) is 7.01. The fourth-order valence-electron chi connectivity index (χ4n) is 4.14. The third-order valence-corrected chi connectivity index (χ3v) is 5.84. The molecule has 7 heteroatoms. The Morgan fingerprint density at radius 1 is 1.00 bits per heavy atom. The van der Waals surface area contributed by atoms with Crippen molar-refractivity contribution in [2.24, 2.45) is 0 Å². The summed E-state index contributed by atoms with van der Waals surface area (Å²) in [5, 5.41) is 3.24. The van der Waals surface area contributed by atoms with E-state index in [1.807, 2.05) is 56.3 Å². The standard InChI is InChI=1S/C27H27FN4O2/c1-3-24(25-29-22-16-10-8-14-20(22)26(33)31(25)4-2)32(18-19-12-6-5-7-13-19)27(34)30-23-17-11-9-15-21(23)28/h5-17,24H,3-4,18H2,1-2H3,(H,30,34). The summed E-state index contributed by atoms with van der Waals surface area (Å²) in [6.07, 6.45) is 0.516. The van der Waals surface area contributed by atoms with Crippen LogP contribution in [0.5, 0.6) is 0 Å². The quantitative estimate of drug-likeness (QED) is 0.384. The van der Waals surface area contributed by atoms with Crippen molar-refractivity contribution in [3.8, 4) is 0 Å². The molecule has 174 valence electrons. The average molecular weight is 459 g/mol. The largest absolute Gasteiger partial charge is 0.322 e. The Labute approximate surface area is 197 Å². The molecule has 0 bridgehead atoms. The van der Waals surface area contributed by atoms with E-state index in [1.54, 1.807) is 33.7 Å². The van der Waals surface area contributed by atoms with Gasteiger partial charge in [-0.15, -0.1) is 0 Å². The van der Waals surface area contributed by atoms with E-state index in [2.05, 4.69) is 5.32 Å². The number of para-hydroxylation sites is 2. The first-order valence-corrected chi connectivity index (χ1v) is 11.4. The number of halogens is 1. The molecule has 0 aliphatic carbocycles. The summed E-state index contributed by atoms with van der Waals surface area (Å²) < 4.78 is 15.9. The fraction of sp³-hybridized carbons (Fsp3) is 0.222. The number of fused-ring (bicyclic) bond motifs is 1. The first-order chi connectivity index (χ1) is 16.5. The number of hydrogen-bond acceptors (Lipinski definition) is 3. The second kappa shape index (κ2) is 10.3. The minimum Gasteiger partial charge on any atom is -0.310 e. The number of rotatable bonds is 7. The predicted molar refractivity (Wildman–Crippen MR) is 132 cm³/mol. The number of nitrogens with one attached hydrogen (secondary N) is 1. The van der Waals surface area contributed by atoms with Crippen LogP contribution in [0.4, 0.5) is 14.9 Å². The lowest BCUT2D eigenvalue weighted by Crippen LogP contribution is -2.40. The van der Waals surface area contributed by atoms with Crippen LogP contribution in [0.3, 0.4) is 0 Å². The van der Waals surface area contributed by atoms with Gasteiger partial charge in [0.15, 0.2) is 0 Å². The van der Waals surface area contributed by atoms with Crippen molar-refractivity contribution in [3.63, 3.8) is 0 Å². The maximum absolute atomic E-state index is 14.3. The molecule has 0 spiro atoms. The third kappa shape index (κ3) is 4.69. The SMILES string of the molecule is CCC(c1nc2ccccc2c(=O)n1CC)N(Cc1ccccc1)C(=O)Nc1ccccc1F. The van der Waals surface area contributed by atoms with Gasteiger partial charge < -0.3 is 10.2 Å². The van der Waals surface area contributed by atoms with E-state index >= 15 is 0 Å². The molecular weight excluding hydrogens is 431 g/mol. The van der Waals surface area contributed by atoms with Gasteiger partial charge in [-0.3, -0.25) is 9.36 Å². The van der Waals surface area contributed by atoms with Gasteiger partial charge in [0.2, 0.25) is 0 Å². The summed E-state index contributed by atoms with van der Waals surface area (Å²) in [7, 11) is 0. The highest BCUT2D eigenvalue weighted by molar-refractivity contribution is 5.89. The molecule has 2 amide bonds. The first kappa shape index (κ1) is 23.2. The smallest absolute Gasteiger partial charge is 0.310 e. The molecule has 0 aliphatic rings. The van der Waals surface area contributed by atoms with Crippen LogP contribution in [-0.2, 0) is 13.1 Å². The molecule has 1 aromatic heterocycles. The molecule has 0 saturated carbocycles. The number of aromatic nitrogens is 2. The summed E-state index contributed by atoms with van der Waals surface area (Å²) in [5.74, 6) is -0.00817. The highest BCUT2D eigenvalue weighted by Gasteiger charge is 2.29. The second-order valence-corrected chi connectivity index (χ2v) is 7.98. The van der Waals surface area contributed by atoms with E-state index in [0.29, 0.717) is 29.7 Å². The van der Waals surface area contributed by atoms with Crippen molar-refractivity contribution in [2.45, 2.75) is 39.4 Å². The molecular formula is C27H27FN4O2. The zero-order chi connectivity index (χ0) is 24.1. The monoisotopic (exact) mass is 458 g/mol. The van der Waals surface area contributed by atoms with Crippen molar-refractivity contribution in [1.29, 1.82) is 0 Å². The molecule has 3 aromatic carbocycles. The third-order valence-electron chi connectivity index (χ3n) is 5.84. The fourth-order valence-corrected chi connectivity index (χ4v) is 4.14. The average Bonchev–Trinajstić information content (AvgIpc) is 2.86. The molecule has 1 unspecified atom stereocenters. The highest BCUT2D eigenvalue weighted by Crippen LogP contribution is 2.27. The number of urea groups is 1. The lowest BCUT2D eigenvalue weighted by Gasteiger charge is -2.32. The number of hydrogen-bond donors (Lipinski definition) is 1. The van der Waals surface area contributed by atoms with Crippen LogP contribution in [0, 0.1) is 5.82 Å². The van der Waals surface area contributed by atoms with Gasteiger partial charge in [-0.05, 0) is 43.2 Å². The minimum atomic E-state index is -0.516. The van der Waals surface area contributed by atoms with E-state index in [0.717, 1.165) is 5.56 Å². The molecule has 0 radical (unpaired) electrons. The van der Waals surface area contributed by atoms with Gasteiger partial charge in [0.25, 0.3) is 5.56 Å². The Bertz CT molecular complexity index is 1350. The highest BCUT2D eigenvalue weighted by atomic mass is 19.1. The van der Waals surface area contributed by atoms with Crippen LogP contribution in [0.2, 0.25) is 0 Å². The summed E-state index contributed by atoms with van der Waals surface area (Å²) in [6, 6.07) is 21.8. The van der Waals surface area contributed by atoms with Crippen molar-refractivity contribution >= 4 is 22.6 Å². The summed E-state index contributed by atoms with van der Waals surface area (Å²) >= 11 is 0. The molecule has 0 saturated heterocycles. The van der Waals surface area contributed by atoms with Gasteiger partial charge in [0, 0.05) is 13.1 Å². The number of amides is 2. The number of carbonyl (C=O) groups excluding carboxylic acids is 1. The van der Waals surface area contributed by atoms with E-state index < -0.39 is 17.9 Å². The second-order valence-electron chi connectivity index (χ2n) is 7.98. The summed E-state index contributed by atoms with van der Waals surface area (Å²) in [4.78, 5) is 33.2. The lowest BCUT2D eigenvalue weighted by molar-refractivity contribution is 0.175. The molecule has 0 aliphatic heterocycles. The molecule has 1 heterocycles. The van der Waals surface area contributed by atoms with Gasteiger partial charge in [0.1, 0.15) is 11.6 Å². The predicted octanol–water partition coefficient (Wildman–Crippen LogP) is 5.74. The lowest BCUT2D eigenvalue weighted by atomic mass is 10.1. The van der Waals surface area contributed by atoms with Crippen LogP contribution in [-0.4, -0.2) is 20.5 Å². The summed E-state index contributed by atoms with van der Waals surface area (Å²) in [5.41, 5.74) is 1.45. The van der Waals surface area contributed by atoms with Gasteiger partial charge in [0.05, 0.1) is 22.6 Å². The number of benzene rings is 3. The molecule has 6 nitrogen and oxygen atoms in total. The van der Waals surface area contributed by atoms with Crippen LogP contribution >= 0.6 is 0 Å². The normalized spacial score (nSPS) is 11.9. The molecule has 1 N–H and O–H groups in total. The van der Waals surface area contributed by atoms with Crippen LogP contribution in [0.15, 0.2) is 83.7 Å². The molecule has 0 fully saturated rings. The summed E-state index contributed by atoms with van der Waals surface area (Å²) in [6.45, 7) is 4.51. The molecule has 34 heavy (non-hydrogen) atoms. The Hall–Kier alpha value is -4.00. The maximum Gasteiger partial charge on any atom is 0.322 e. The zero-order valence-electron chi connectivity index (χ0n) is 19.2. The number of nitrogens with zero attached hydrogens (tertiary/aromatic N) is 3. The molecule has 4 rings (SSSR count).